The second-order valence-corrected chi connectivity index (χ2v) is 4.84. The zero-order chi connectivity index (χ0) is 14.4. The molecule has 0 spiro atoms. The van der Waals surface area contributed by atoms with Gasteiger partial charge in [0.05, 0.1) is 6.54 Å². The third-order valence-electron chi connectivity index (χ3n) is 2.81. The molecule has 1 rings (SSSR count). The third-order valence-corrected chi connectivity index (χ3v) is 2.81. The molecule has 106 valence electrons. The van der Waals surface area contributed by atoms with Gasteiger partial charge in [0.1, 0.15) is 5.82 Å². The lowest BCUT2D eigenvalue weighted by Crippen LogP contribution is -2.34. The van der Waals surface area contributed by atoms with Gasteiger partial charge in [0.2, 0.25) is 5.91 Å². The Morgan fingerprint density at radius 1 is 1.42 bits per heavy atom. The van der Waals surface area contributed by atoms with Crippen LogP contribution in [0.1, 0.15) is 19.4 Å². The lowest BCUT2D eigenvalue weighted by molar-refractivity contribution is -0.119. The fraction of sp³-hybridized carbons (Fsp3) is 0.500. The number of carbonyl (C=O) groups excluding carboxylic acids is 1. The molecule has 0 bridgehead atoms. The highest BCUT2D eigenvalue weighted by atomic mass is 19.1. The number of rotatable bonds is 6. The zero-order valence-corrected chi connectivity index (χ0v) is 12.0. The number of nitrogens with one attached hydrogen (secondary N) is 2. The van der Waals surface area contributed by atoms with Gasteiger partial charge in [0.15, 0.2) is 0 Å². The number of likely N-dealkylation sites (N-methyl/N-ethyl adjacent to an activating group) is 2. The van der Waals surface area contributed by atoms with Crippen LogP contribution in [-0.2, 0) is 11.3 Å². The summed E-state index contributed by atoms with van der Waals surface area (Å²) in [7, 11) is 3.42. The molecule has 0 aliphatic rings. The lowest BCUT2D eigenvalue weighted by Gasteiger charge is -2.22. The monoisotopic (exact) mass is 267 g/mol. The van der Waals surface area contributed by atoms with Crippen molar-refractivity contribution in [2.45, 2.75) is 26.4 Å². The molecule has 0 aromatic heterocycles. The third kappa shape index (κ3) is 4.87. The van der Waals surface area contributed by atoms with Crippen molar-refractivity contribution in [3.8, 4) is 0 Å². The van der Waals surface area contributed by atoms with Crippen LogP contribution in [0.15, 0.2) is 18.2 Å². The molecule has 2 N–H and O–H groups in total. The van der Waals surface area contributed by atoms with Crippen LogP contribution < -0.4 is 15.5 Å². The van der Waals surface area contributed by atoms with Crippen molar-refractivity contribution < 1.29 is 9.18 Å². The predicted molar refractivity (Wildman–Crippen MR) is 75.7 cm³/mol. The predicted octanol–water partition coefficient (Wildman–Crippen LogP) is 1.51. The van der Waals surface area contributed by atoms with Crippen molar-refractivity contribution in [2.75, 3.05) is 25.5 Å². The highest BCUT2D eigenvalue weighted by Crippen LogP contribution is 2.20. The first kappa shape index (κ1) is 15.4. The zero-order valence-electron chi connectivity index (χ0n) is 12.0. The summed E-state index contributed by atoms with van der Waals surface area (Å²) in [6.07, 6.45) is 0. The van der Waals surface area contributed by atoms with Crippen LogP contribution in [0.25, 0.3) is 0 Å². The summed E-state index contributed by atoms with van der Waals surface area (Å²) >= 11 is 0. The first-order chi connectivity index (χ1) is 8.93. The average molecular weight is 267 g/mol. The molecule has 5 heteroatoms. The van der Waals surface area contributed by atoms with Crippen LogP contribution in [0, 0.1) is 5.82 Å². The Morgan fingerprint density at radius 2 is 2.11 bits per heavy atom. The maximum Gasteiger partial charge on any atom is 0.239 e. The van der Waals surface area contributed by atoms with Crippen LogP contribution in [0.3, 0.4) is 0 Å². The Kier molecular flexibility index (Phi) is 5.76. The largest absolute Gasteiger partial charge is 0.365 e. The molecule has 0 radical (unpaired) electrons. The minimum atomic E-state index is -0.266. The topological polar surface area (TPSA) is 44.4 Å². The van der Waals surface area contributed by atoms with E-state index in [2.05, 4.69) is 10.6 Å². The van der Waals surface area contributed by atoms with E-state index in [0.29, 0.717) is 12.6 Å². The quantitative estimate of drug-likeness (QED) is 0.821. The molecule has 0 atom stereocenters. The SMILES string of the molecule is CNC(=O)CN(C)c1ccc(F)cc1CNC(C)C. The Balaban J connectivity index is 2.88. The van der Waals surface area contributed by atoms with Crippen LogP contribution in [0.4, 0.5) is 10.1 Å². The van der Waals surface area contributed by atoms with Gasteiger partial charge in [-0.3, -0.25) is 4.79 Å². The van der Waals surface area contributed by atoms with E-state index >= 15 is 0 Å². The molecular formula is C14H22FN3O. The number of hydrogen-bond acceptors (Lipinski definition) is 3. The van der Waals surface area contributed by atoms with E-state index in [-0.39, 0.29) is 18.3 Å². The van der Waals surface area contributed by atoms with Gasteiger partial charge in [-0.05, 0) is 23.8 Å². The number of amides is 1. The van der Waals surface area contributed by atoms with E-state index < -0.39 is 0 Å². The molecule has 4 nitrogen and oxygen atoms in total. The van der Waals surface area contributed by atoms with E-state index in [1.165, 1.54) is 12.1 Å². The van der Waals surface area contributed by atoms with E-state index in [9.17, 15) is 9.18 Å². The Labute approximate surface area is 114 Å². The van der Waals surface area contributed by atoms with Crippen molar-refractivity contribution in [1.29, 1.82) is 0 Å². The van der Waals surface area contributed by atoms with Gasteiger partial charge < -0.3 is 15.5 Å². The van der Waals surface area contributed by atoms with Gasteiger partial charge in [-0.2, -0.15) is 0 Å². The fourth-order valence-electron chi connectivity index (χ4n) is 1.76. The molecule has 19 heavy (non-hydrogen) atoms. The summed E-state index contributed by atoms with van der Waals surface area (Å²) < 4.78 is 13.3. The van der Waals surface area contributed by atoms with Gasteiger partial charge in [0.25, 0.3) is 0 Å². The molecule has 0 aliphatic heterocycles. The molecular weight excluding hydrogens is 245 g/mol. The molecule has 0 saturated heterocycles. The summed E-state index contributed by atoms with van der Waals surface area (Å²) in [6, 6.07) is 4.94. The number of nitrogens with zero attached hydrogens (tertiary/aromatic N) is 1. The van der Waals surface area contributed by atoms with E-state index in [0.717, 1.165) is 11.3 Å². The summed E-state index contributed by atoms with van der Waals surface area (Å²) in [5.74, 6) is -0.341. The fourth-order valence-corrected chi connectivity index (χ4v) is 1.76. The maximum absolute atomic E-state index is 13.3. The molecule has 1 aromatic rings. The molecule has 0 heterocycles. The lowest BCUT2D eigenvalue weighted by atomic mass is 10.1. The minimum absolute atomic E-state index is 0.0745. The second-order valence-electron chi connectivity index (χ2n) is 4.84. The smallest absolute Gasteiger partial charge is 0.239 e. The summed E-state index contributed by atoms with van der Waals surface area (Å²) in [5, 5.41) is 5.83. The minimum Gasteiger partial charge on any atom is -0.365 e. The van der Waals surface area contributed by atoms with E-state index in [4.69, 9.17) is 0 Å². The molecule has 0 saturated carbocycles. The van der Waals surface area contributed by atoms with Gasteiger partial charge >= 0.3 is 0 Å². The van der Waals surface area contributed by atoms with Crippen LogP contribution in [0.5, 0.6) is 0 Å². The first-order valence-electron chi connectivity index (χ1n) is 6.37. The van der Waals surface area contributed by atoms with Crippen LogP contribution >= 0.6 is 0 Å². The van der Waals surface area contributed by atoms with E-state index in [1.54, 1.807) is 13.1 Å². The second kappa shape index (κ2) is 7.09. The Bertz CT molecular complexity index is 435. The number of anilines is 1. The Hall–Kier alpha value is -1.62. The first-order valence-corrected chi connectivity index (χ1v) is 6.37. The van der Waals surface area contributed by atoms with Crippen LogP contribution in [0.2, 0.25) is 0 Å². The van der Waals surface area contributed by atoms with Gasteiger partial charge in [-0.15, -0.1) is 0 Å². The summed E-state index contributed by atoms with van der Waals surface area (Å²) in [4.78, 5) is 13.2. The van der Waals surface area contributed by atoms with Crippen molar-refractivity contribution in [1.82, 2.24) is 10.6 Å². The van der Waals surface area contributed by atoms with Gasteiger partial charge in [-0.1, -0.05) is 13.8 Å². The molecule has 0 unspecified atom stereocenters. The Morgan fingerprint density at radius 3 is 2.68 bits per heavy atom. The van der Waals surface area contributed by atoms with Crippen molar-refractivity contribution >= 4 is 11.6 Å². The molecule has 0 fully saturated rings. The molecule has 0 aliphatic carbocycles. The highest BCUT2D eigenvalue weighted by Gasteiger charge is 2.11. The number of halogens is 1. The summed E-state index contributed by atoms with van der Waals surface area (Å²) in [6.45, 7) is 4.89. The highest BCUT2D eigenvalue weighted by molar-refractivity contribution is 5.81. The number of hydrogen-bond donors (Lipinski definition) is 2. The van der Waals surface area contributed by atoms with E-state index in [1.807, 2.05) is 25.8 Å². The number of carbonyl (C=O) groups is 1. The molecule has 1 aromatic carbocycles. The van der Waals surface area contributed by atoms with Crippen molar-refractivity contribution in [2.24, 2.45) is 0 Å². The number of benzene rings is 1. The average Bonchev–Trinajstić information content (AvgIpc) is 2.36. The van der Waals surface area contributed by atoms with Crippen molar-refractivity contribution in [3.05, 3.63) is 29.6 Å². The summed E-state index contributed by atoms with van der Waals surface area (Å²) in [5.41, 5.74) is 1.71. The van der Waals surface area contributed by atoms with Crippen molar-refractivity contribution in [3.63, 3.8) is 0 Å². The van der Waals surface area contributed by atoms with Gasteiger partial charge in [0, 0.05) is 32.4 Å². The van der Waals surface area contributed by atoms with Crippen LogP contribution in [-0.4, -0.2) is 32.6 Å². The standard InChI is InChI=1S/C14H22FN3O/c1-10(2)17-8-11-7-12(15)5-6-13(11)18(4)9-14(19)16-3/h5-7,10,17H,8-9H2,1-4H3,(H,16,19). The van der Waals surface area contributed by atoms with Gasteiger partial charge in [-0.25, -0.2) is 4.39 Å². The molecule has 1 amide bonds. The maximum atomic E-state index is 13.3. The normalized spacial score (nSPS) is 10.6.